The molecule has 0 spiro atoms. The van der Waals surface area contributed by atoms with Crippen molar-refractivity contribution in [1.82, 2.24) is 0 Å². The van der Waals surface area contributed by atoms with Gasteiger partial charge in [0.05, 0.1) is 0 Å². The first-order valence-corrected chi connectivity index (χ1v) is 4.78. The van der Waals surface area contributed by atoms with E-state index in [0.717, 1.165) is 0 Å². The van der Waals surface area contributed by atoms with Crippen LogP contribution in [-0.4, -0.2) is 0 Å². The second-order valence-corrected chi connectivity index (χ2v) is 4.66. The summed E-state index contributed by atoms with van der Waals surface area (Å²) in [7, 11) is 0. The van der Waals surface area contributed by atoms with Gasteiger partial charge in [-0.05, 0) is 0 Å². The molecule has 0 heterocycles. The molecule has 0 bridgehead atoms. The minimum atomic E-state index is 0. The summed E-state index contributed by atoms with van der Waals surface area (Å²) in [5.41, 5.74) is 4.83. The molecule has 0 atom stereocenters. The van der Waals surface area contributed by atoms with E-state index in [0.29, 0.717) is 5.41 Å². The molecule has 0 aromatic heterocycles. The average Bonchev–Trinajstić information content (AvgIpc) is 2.06. The zero-order chi connectivity index (χ0) is 8.81. The van der Waals surface area contributed by atoms with Crippen LogP contribution in [0, 0.1) is 5.41 Å². The molecule has 2 heteroatoms. The van der Waals surface area contributed by atoms with E-state index in [-0.39, 0.29) is 12.4 Å². The van der Waals surface area contributed by atoms with Gasteiger partial charge in [-0.1, -0.05) is 0 Å². The summed E-state index contributed by atoms with van der Waals surface area (Å²) in [6.07, 6.45) is 0. The molecule has 0 aromatic rings. The molecule has 0 unspecified atom stereocenters. The zero-order valence-electron chi connectivity index (χ0n) is 8.38. The van der Waals surface area contributed by atoms with Crippen molar-refractivity contribution < 1.29 is 32.8 Å². The molecule has 12 heavy (non-hydrogen) atoms. The molecule has 0 nitrogen and oxygen atoms in total. The molecular formula is C10H15ClTi. The topological polar surface area (TPSA) is 0 Å². The van der Waals surface area contributed by atoms with Crippen molar-refractivity contribution in [3.05, 3.63) is 20.6 Å². The molecule has 1 aliphatic carbocycles. The number of allylic oxidation sites excluding steroid dienone is 4. The molecular weight excluding hydrogens is 203 g/mol. The molecule has 0 amide bonds. The zero-order valence-corrected chi connectivity index (χ0v) is 10.7. The van der Waals surface area contributed by atoms with Crippen LogP contribution in [0.25, 0.3) is 0 Å². The Balaban J connectivity index is 0.00000121. The van der Waals surface area contributed by atoms with Crippen molar-refractivity contribution >= 4 is 0 Å². The van der Waals surface area contributed by atoms with E-state index in [2.05, 4.69) is 55.1 Å². The van der Waals surface area contributed by atoms with Gasteiger partial charge >= 0.3 is 81.1 Å². The van der Waals surface area contributed by atoms with Crippen LogP contribution >= 0.6 is 0 Å². The second kappa shape index (κ2) is 3.69. The van der Waals surface area contributed by atoms with Crippen LogP contribution in [0.5, 0.6) is 0 Å². The van der Waals surface area contributed by atoms with Crippen LogP contribution in [0.1, 0.15) is 34.6 Å². The first-order chi connectivity index (χ1) is 4.89. The maximum absolute atomic E-state index is 2.30. The largest absolute Gasteiger partial charge is 1.00 e. The van der Waals surface area contributed by atoms with Gasteiger partial charge in [-0.25, -0.2) is 0 Å². The number of halogens is 1. The van der Waals surface area contributed by atoms with Gasteiger partial charge in [0.2, 0.25) is 0 Å². The van der Waals surface area contributed by atoms with Crippen LogP contribution < -0.4 is 12.4 Å². The Bertz CT molecular complexity index is 233. The first kappa shape index (κ1) is 12.5. The SMILES string of the molecule is CC1=C(C)C(C)(C)[C]([Ti+])=C1C.[Cl-]. The van der Waals surface area contributed by atoms with Gasteiger partial charge in [0.1, 0.15) is 0 Å². The molecule has 0 N–H and O–H groups in total. The van der Waals surface area contributed by atoms with E-state index < -0.39 is 0 Å². The third-order valence-electron chi connectivity index (χ3n) is 3.06. The standard InChI is InChI=1S/C10H15.ClH.Ti/c1-7-6-10(4,5)9(3)8(7)2;;/h1-5H3;1H;/q;;+1/p-1. The minimum absolute atomic E-state index is 0. The molecule has 0 saturated carbocycles. The van der Waals surface area contributed by atoms with E-state index in [1.54, 1.807) is 0 Å². The Labute approximate surface area is 93.3 Å². The van der Waals surface area contributed by atoms with E-state index in [4.69, 9.17) is 0 Å². The number of hydrogen-bond donors (Lipinski definition) is 0. The van der Waals surface area contributed by atoms with Crippen molar-refractivity contribution in [2.24, 2.45) is 5.41 Å². The van der Waals surface area contributed by atoms with Crippen molar-refractivity contribution in [2.45, 2.75) is 34.6 Å². The fourth-order valence-electron chi connectivity index (χ4n) is 1.59. The smallest absolute Gasteiger partial charge is 1.00 e. The van der Waals surface area contributed by atoms with Gasteiger partial charge in [-0.3, -0.25) is 0 Å². The second-order valence-electron chi connectivity index (χ2n) is 3.88. The summed E-state index contributed by atoms with van der Waals surface area (Å²) in [6.45, 7) is 11.3. The van der Waals surface area contributed by atoms with Crippen LogP contribution in [-0.2, 0) is 20.4 Å². The third kappa shape index (κ3) is 1.57. The molecule has 1 rings (SSSR count). The molecule has 0 fully saturated rings. The summed E-state index contributed by atoms with van der Waals surface area (Å²) in [5, 5.41) is 0. The van der Waals surface area contributed by atoms with Crippen LogP contribution in [0.4, 0.5) is 0 Å². The van der Waals surface area contributed by atoms with Crippen LogP contribution in [0.2, 0.25) is 0 Å². The average molecular weight is 219 g/mol. The summed E-state index contributed by atoms with van der Waals surface area (Å²) in [5.74, 6) is 0. The van der Waals surface area contributed by atoms with Crippen molar-refractivity contribution in [1.29, 1.82) is 0 Å². The van der Waals surface area contributed by atoms with Crippen LogP contribution in [0.15, 0.2) is 20.6 Å². The fourth-order valence-corrected chi connectivity index (χ4v) is 2.18. The summed E-state index contributed by atoms with van der Waals surface area (Å²) >= 11 is 2.25. The predicted octanol–water partition coefficient (Wildman–Crippen LogP) is 0.187. The predicted molar refractivity (Wildman–Crippen MR) is 44.9 cm³/mol. The normalized spacial score (nSPS) is 21.3. The summed E-state index contributed by atoms with van der Waals surface area (Å²) < 4.78 is 1.53. The number of rotatable bonds is 0. The first-order valence-electron chi connectivity index (χ1n) is 4.00. The molecule has 66 valence electrons. The molecule has 0 radical (unpaired) electrons. The molecule has 1 aliphatic rings. The van der Waals surface area contributed by atoms with Gasteiger partial charge in [-0.15, -0.1) is 0 Å². The van der Waals surface area contributed by atoms with E-state index in [9.17, 15) is 0 Å². The Morgan fingerprint density at radius 3 is 1.50 bits per heavy atom. The van der Waals surface area contributed by atoms with Crippen LogP contribution in [0.3, 0.4) is 0 Å². The van der Waals surface area contributed by atoms with Crippen molar-refractivity contribution in [3.8, 4) is 0 Å². The quantitative estimate of drug-likeness (QED) is 0.509. The Morgan fingerprint density at radius 2 is 1.42 bits per heavy atom. The van der Waals surface area contributed by atoms with Gasteiger partial charge < -0.3 is 12.4 Å². The third-order valence-corrected chi connectivity index (χ3v) is 4.62. The van der Waals surface area contributed by atoms with Gasteiger partial charge in [0.15, 0.2) is 0 Å². The van der Waals surface area contributed by atoms with Gasteiger partial charge in [0, 0.05) is 0 Å². The summed E-state index contributed by atoms with van der Waals surface area (Å²) in [6, 6.07) is 0. The van der Waals surface area contributed by atoms with Gasteiger partial charge in [0.25, 0.3) is 0 Å². The molecule has 0 aromatic carbocycles. The monoisotopic (exact) mass is 218 g/mol. The maximum Gasteiger partial charge on any atom is -1.00 e. The van der Waals surface area contributed by atoms with Crippen molar-refractivity contribution in [3.63, 3.8) is 0 Å². The summed E-state index contributed by atoms with van der Waals surface area (Å²) in [4.78, 5) is 0. The van der Waals surface area contributed by atoms with E-state index >= 15 is 0 Å². The van der Waals surface area contributed by atoms with E-state index in [1.165, 1.54) is 20.6 Å². The maximum atomic E-state index is 2.30. The molecule has 0 aliphatic heterocycles. The van der Waals surface area contributed by atoms with Gasteiger partial charge in [-0.2, -0.15) is 0 Å². The Morgan fingerprint density at radius 1 is 1.00 bits per heavy atom. The van der Waals surface area contributed by atoms with E-state index in [1.807, 2.05) is 0 Å². The van der Waals surface area contributed by atoms with Crippen molar-refractivity contribution in [2.75, 3.05) is 0 Å². The minimum Gasteiger partial charge on any atom is -1.00 e. The number of hydrogen-bond acceptors (Lipinski definition) is 0. The fraction of sp³-hybridized carbons (Fsp3) is 0.600. The molecule has 0 saturated heterocycles. The Hall–Kier alpha value is 0.484. The Kier molecular flexibility index (Phi) is 3.84.